The Kier molecular flexibility index (Phi) is 37.0. The van der Waals surface area contributed by atoms with Crippen LogP contribution in [0.2, 0.25) is 0 Å². The minimum absolute atomic E-state index is 0.140. The van der Waals surface area contributed by atoms with Crippen molar-refractivity contribution in [3.8, 4) is 0 Å². The smallest absolute Gasteiger partial charge is 0.194 e. The van der Waals surface area contributed by atoms with Crippen LogP contribution in [0.1, 0.15) is 93.4 Å². The summed E-state index contributed by atoms with van der Waals surface area (Å²) in [5.41, 5.74) is 0. The molecule has 4 nitrogen and oxygen atoms in total. The summed E-state index contributed by atoms with van der Waals surface area (Å²) in [4.78, 5) is 0. The molecular weight excluding hydrogens is 1010 g/mol. The van der Waals surface area contributed by atoms with Crippen molar-refractivity contribution in [3.63, 3.8) is 0 Å². The lowest BCUT2D eigenvalue weighted by Gasteiger charge is -2.43. The summed E-state index contributed by atoms with van der Waals surface area (Å²) in [6.45, 7) is 30.0. The second-order valence-corrected chi connectivity index (χ2v) is 40.0. The molecule has 0 bridgehead atoms. The molecule has 3 unspecified atom stereocenters. The third-order valence-corrected chi connectivity index (χ3v) is 40.7. The lowest BCUT2D eigenvalue weighted by Crippen LogP contribution is -2.48. The Morgan fingerprint density at radius 2 is 1.11 bits per heavy atom. The Morgan fingerprint density at radius 3 is 1.52 bits per heavy atom. The van der Waals surface area contributed by atoms with E-state index in [1.165, 1.54) is 24.2 Å². The monoisotopic (exact) mass is 1060 g/mol. The second-order valence-electron chi connectivity index (χ2n) is 13.5. The number of aliphatic hydroxyl groups is 2. The highest BCUT2D eigenvalue weighted by atomic mass is 33.5. The number of rotatable bonds is 7. The van der Waals surface area contributed by atoms with Crippen molar-refractivity contribution < 1.29 is 19.7 Å². The molecule has 2 aliphatic heterocycles. The summed E-state index contributed by atoms with van der Waals surface area (Å²) < 4.78 is 11.5. The molecular formula is C33H59O4S17+. The largest absolute Gasteiger partial charge is 0.374 e. The van der Waals surface area contributed by atoms with Crippen molar-refractivity contribution in [2.75, 3.05) is 0 Å². The summed E-state index contributed by atoms with van der Waals surface area (Å²) >= 11 is 9.48. The fraction of sp³-hybridized carbons (Fsp3) is 0.788. The molecule has 12 atom stereocenters. The molecule has 2 saturated heterocycles. The van der Waals surface area contributed by atoms with Gasteiger partial charge >= 0.3 is 0 Å². The van der Waals surface area contributed by atoms with Gasteiger partial charge in [-0.05, 0) is 82.0 Å². The van der Waals surface area contributed by atoms with Gasteiger partial charge in [-0.2, -0.15) is 0 Å². The number of allylic oxidation sites excluding steroid dienone is 1. The van der Waals surface area contributed by atoms with Gasteiger partial charge in [-0.15, -0.1) is 19.7 Å². The maximum absolute atomic E-state index is 10.1. The van der Waals surface area contributed by atoms with E-state index in [-0.39, 0.29) is 18.1 Å². The van der Waals surface area contributed by atoms with Gasteiger partial charge in [0, 0.05) is 174 Å². The van der Waals surface area contributed by atoms with Gasteiger partial charge in [-0.25, -0.2) is 0 Å². The Labute approximate surface area is 380 Å². The topological polar surface area (TPSA) is 58.9 Å². The number of aliphatic hydroxyl groups excluding tert-OH is 1. The van der Waals surface area contributed by atoms with Crippen LogP contribution < -0.4 is 0 Å². The van der Waals surface area contributed by atoms with Crippen LogP contribution in [-0.4, -0.2) is 40.4 Å². The third-order valence-electron chi connectivity index (χ3n) is 9.58. The van der Waals surface area contributed by atoms with Crippen molar-refractivity contribution in [3.05, 3.63) is 44.9 Å². The molecule has 3 rings (SSSR count). The van der Waals surface area contributed by atoms with Gasteiger partial charge in [0.1, 0.15) is 0 Å². The van der Waals surface area contributed by atoms with E-state index in [4.69, 9.17) is 31.8 Å². The van der Waals surface area contributed by atoms with E-state index in [2.05, 4.69) is 61.3 Å². The maximum atomic E-state index is 10.1. The predicted octanol–water partition coefficient (Wildman–Crippen LogP) is 7.72. The SMILES string of the molecule is C=CCC1(O)O[C@H](C)[C@H](C)C[C@@H]1C.C=CCC1CC([C@@H]([CH2+])O)C[C@@H]1C.C=CC[C@@H]1O[C@H](C)[C@H](C)C[C@@H]1C.S=S=S=S=S=S=S=S=S=S=S=S=S=S=S=S=S. The highest BCUT2D eigenvalue weighted by Gasteiger charge is 2.41. The second kappa shape index (κ2) is 35.3. The zero-order valence-corrected chi connectivity index (χ0v) is 45.9. The minimum atomic E-state index is -0.978. The molecule has 0 spiro atoms. The van der Waals surface area contributed by atoms with Crippen molar-refractivity contribution in [2.24, 2.45) is 41.4 Å². The highest BCUT2D eigenvalue weighted by Crippen LogP contribution is 2.40. The molecule has 54 heavy (non-hydrogen) atoms. The van der Waals surface area contributed by atoms with Crippen molar-refractivity contribution in [1.82, 2.24) is 0 Å². The van der Waals surface area contributed by atoms with Crippen LogP contribution in [0.4, 0.5) is 0 Å². The number of hydrogen-bond acceptors (Lipinski definition) is 6. The van der Waals surface area contributed by atoms with Gasteiger partial charge < -0.3 is 19.7 Å². The van der Waals surface area contributed by atoms with E-state index in [9.17, 15) is 10.2 Å². The zero-order chi connectivity index (χ0) is 40.9. The molecule has 21 heteroatoms. The average molecular weight is 1060 g/mol. The Bertz CT molecular complexity index is 1740. The molecule has 3 fully saturated rings. The number of hydrogen-bond donors (Lipinski definition) is 2. The summed E-state index contributed by atoms with van der Waals surface area (Å²) in [7, 11) is 25.4. The standard InChI is InChI=1S/C11H20O2.C11H20O.C11H19O.S17/c1-5-6-11(12)9(3)7-8(2)10(4)13-11;1-5-6-11-9(3)7-8(2)10(4)12-11;1-4-5-10-7-11(9(3)12)6-8(10)2;1-3-5-7-9-11-13-15-17-16-14-12-10-8-6-4-2/h5,8-10,12H,1,6-7H2,2-4H3;5,8-11H,1,6-7H2,2-4H3;4,8-12H,1,3,5-7H2,2H3;/q;;+1;/t8-,9+,10-,11?;8-,9+,10-,11+;8-,9+,10?,11?;/m110./s1. The summed E-state index contributed by atoms with van der Waals surface area (Å²) in [6, 6.07) is 0. The first-order valence-electron chi connectivity index (χ1n) is 17.4. The van der Waals surface area contributed by atoms with Gasteiger partial charge in [0.05, 0.1) is 25.2 Å². The van der Waals surface area contributed by atoms with E-state index in [0.717, 1.165) is 43.9 Å². The van der Waals surface area contributed by atoms with Gasteiger partial charge in [0.25, 0.3) is 0 Å². The first-order chi connectivity index (χ1) is 25.7. The minimum Gasteiger partial charge on any atom is -0.374 e. The highest BCUT2D eigenvalue weighted by molar-refractivity contribution is 8.77. The molecule has 316 valence electrons. The quantitative estimate of drug-likeness (QED) is 0.202. The van der Waals surface area contributed by atoms with Crippen LogP contribution in [0.5, 0.6) is 0 Å². The van der Waals surface area contributed by atoms with Gasteiger partial charge in [0.15, 0.2) is 11.9 Å². The molecule has 0 aromatic heterocycles. The molecule has 3 aliphatic rings. The Hall–Kier alpha value is 2.67. The average Bonchev–Trinajstić information content (AvgIpc) is 3.50. The van der Waals surface area contributed by atoms with E-state index >= 15 is 0 Å². The predicted molar refractivity (Wildman–Crippen MR) is 282 cm³/mol. The molecule has 0 aromatic rings. The van der Waals surface area contributed by atoms with Crippen molar-refractivity contribution in [1.29, 1.82) is 0 Å². The summed E-state index contributed by atoms with van der Waals surface area (Å²) in [6.07, 6.45) is 13.4. The van der Waals surface area contributed by atoms with E-state index in [0.29, 0.717) is 42.3 Å². The molecule has 1 saturated carbocycles. The molecule has 0 radical (unpaired) electrons. The fourth-order valence-electron chi connectivity index (χ4n) is 6.26. The van der Waals surface area contributed by atoms with Crippen molar-refractivity contribution in [2.45, 2.75) is 124 Å². The molecule has 2 heterocycles. The van der Waals surface area contributed by atoms with E-state index < -0.39 is 5.79 Å². The summed E-state index contributed by atoms with van der Waals surface area (Å²) in [5, 5.41) is 19.5. The van der Waals surface area contributed by atoms with E-state index in [1.807, 2.05) is 26.0 Å². The molecule has 0 amide bonds. The molecule has 0 aromatic carbocycles. The van der Waals surface area contributed by atoms with Gasteiger partial charge in [-0.1, -0.05) is 52.8 Å². The Morgan fingerprint density at radius 1 is 0.648 bits per heavy atom. The van der Waals surface area contributed by atoms with Crippen LogP contribution in [0.15, 0.2) is 38.0 Å². The third kappa shape index (κ3) is 26.1. The first kappa shape index (κ1) is 56.7. The van der Waals surface area contributed by atoms with Gasteiger partial charge in [0.2, 0.25) is 0 Å². The fourth-order valence-corrected chi connectivity index (χ4v) is 41.9. The van der Waals surface area contributed by atoms with Crippen LogP contribution >= 0.6 is 0 Å². The van der Waals surface area contributed by atoms with Crippen LogP contribution in [0.25, 0.3) is 0 Å². The zero-order valence-electron chi connectivity index (χ0n) is 32.0. The van der Waals surface area contributed by atoms with Crippen LogP contribution in [-0.2, 0) is 165 Å². The maximum Gasteiger partial charge on any atom is 0.194 e. The first-order valence-corrected chi connectivity index (χ1v) is 38.7. The van der Waals surface area contributed by atoms with Crippen LogP contribution in [0.3, 0.4) is 0 Å². The van der Waals surface area contributed by atoms with Crippen molar-refractivity contribution >= 4 is 156 Å². The molecule has 2 N–H and O–H groups in total. The lowest BCUT2D eigenvalue weighted by atomic mass is 9.83. The summed E-state index contributed by atoms with van der Waals surface area (Å²) in [5.74, 6) is 3.01. The number of ether oxygens (including phenoxy) is 2. The van der Waals surface area contributed by atoms with Gasteiger partial charge in [-0.3, -0.25) is 0 Å². The lowest BCUT2D eigenvalue weighted by molar-refractivity contribution is -0.286. The Balaban J connectivity index is 0.000000700. The van der Waals surface area contributed by atoms with E-state index in [1.54, 1.807) is 122 Å². The van der Waals surface area contributed by atoms with Crippen LogP contribution in [0, 0.1) is 48.3 Å². The molecule has 1 aliphatic carbocycles. The normalized spacial score (nSPS) is 31.3.